The Kier molecular flexibility index (Phi) is 4.35. The van der Waals surface area contributed by atoms with Crippen LogP contribution in [0.5, 0.6) is 0 Å². The van der Waals surface area contributed by atoms with E-state index in [-0.39, 0.29) is 23.7 Å². The number of imide groups is 2. The van der Waals surface area contributed by atoms with Gasteiger partial charge in [0.15, 0.2) is 0 Å². The summed E-state index contributed by atoms with van der Waals surface area (Å²) in [5, 5.41) is 4.71. The third kappa shape index (κ3) is 3.52. The van der Waals surface area contributed by atoms with Crippen molar-refractivity contribution in [3.8, 4) is 0 Å². The SMILES string of the molecule is CC(C)(C)NC(=O)NC(=O)CN1C(=O)[C@@H]2CC=CC[C@H]2C1=O. The molecule has 2 rings (SSSR count). The number of likely N-dealkylation sites (tertiary alicyclic amines) is 1. The van der Waals surface area contributed by atoms with Crippen LogP contribution in [-0.2, 0) is 14.4 Å². The molecule has 2 N–H and O–H groups in total. The molecule has 0 bridgehead atoms. The molecule has 1 aliphatic heterocycles. The zero-order chi connectivity index (χ0) is 16.5. The van der Waals surface area contributed by atoms with Gasteiger partial charge in [-0.1, -0.05) is 12.2 Å². The largest absolute Gasteiger partial charge is 0.333 e. The molecule has 7 nitrogen and oxygen atoms in total. The quantitative estimate of drug-likeness (QED) is 0.575. The van der Waals surface area contributed by atoms with Crippen LogP contribution in [-0.4, -0.2) is 40.7 Å². The minimum Gasteiger partial charge on any atom is -0.333 e. The van der Waals surface area contributed by atoms with Crippen LogP contribution < -0.4 is 10.6 Å². The fourth-order valence-electron chi connectivity index (χ4n) is 2.71. The number of carbonyl (C=O) groups is 4. The van der Waals surface area contributed by atoms with Crippen LogP contribution in [0.1, 0.15) is 33.6 Å². The summed E-state index contributed by atoms with van der Waals surface area (Å²) in [7, 11) is 0. The number of hydrogen-bond acceptors (Lipinski definition) is 4. The van der Waals surface area contributed by atoms with E-state index in [9.17, 15) is 19.2 Å². The van der Waals surface area contributed by atoms with Crippen LogP contribution in [0.2, 0.25) is 0 Å². The van der Waals surface area contributed by atoms with Crippen molar-refractivity contribution < 1.29 is 19.2 Å². The molecule has 0 spiro atoms. The lowest BCUT2D eigenvalue weighted by molar-refractivity contribution is -0.143. The summed E-state index contributed by atoms with van der Waals surface area (Å²) in [6.07, 6.45) is 4.81. The van der Waals surface area contributed by atoms with Crippen LogP contribution in [0.25, 0.3) is 0 Å². The maximum atomic E-state index is 12.2. The van der Waals surface area contributed by atoms with Crippen molar-refractivity contribution >= 4 is 23.8 Å². The molecule has 7 heteroatoms. The molecule has 2 atom stereocenters. The molecule has 2 aliphatic rings. The summed E-state index contributed by atoms with van der Waals surface area (Å²) in [4.78, 5) is 48.8. The van der Waals surface area contributed by atoms with Crippen molar-refractivity contribution in [2.45, 2.75) is 39.2 Å². The van der Waals surface area contributed by atoms with Crippen LogP contribution in [0.15, 0.2) is 12.2 Å². The van der Waals surface area contributed by atoms with E-state index in [2.05, 4.69) is 10.6 Å². The molecular formula is C15H21N3O4. The van der Waals surface area contributed by atoms with Crippen molar-refractivity contribution in [2.24, 2.45) is 11.8 Å². The summed E-state index contributed by atoms with van der Waals surface area (Å²) >= 11 is 0. The number of urea groups is 1. The number of carbonyl (C=O) groups excluding carboxylic acids is 4. The molecule has 1 heterocycles. The highest BCUT2D eigenvalue weighted by molar-refractivity contribution is 6.08. The van der Waals surface area contributed by atoms with Crippen LogP contribution in [0.4, 0.5) is 4.79 Å². The van der Waals surface area contributed by atoms with E-state index in [1.807, 2.05) is 12.2 Å². The van der Waals surface area contributed by atoms with Crippen LogP contribution in [0, 0.1) is 11.8 Å². The zero-order valence-electron chi connectivity index (χ0n) is 13.0. The highest BCUT2D eigenvalue weighted by Crippen LogP contribution is 2.34. The third-order valence-corrected chi connectivity index (χ3v) is 3.64. The Morgan fingerprint density at radius 2 is 1.64 bits per heavy atom. The summed E-state index contributed by atoms with van der Waals surface area (Å²) in [5.74, 6) is -2.06. The number of hydrogen-bond donors (Lipinski definition) is 2. The third-order valence-electron chi connectivity index (χ3n) is 3.64. The molecule has 0 aromatic carbocycles. The summed E-state index contributed by atoms with van der Waals surface area (Å²) in [5.41, 5.74) is -0.482. The summed E-state index contributed by atoms with van der Waals surface area (Å²) < 4.78 is 0. The van der Waals surface area contributed by atoms with Gasteiger partial charge in [-0.25, -0.2) is 4.79 Å². The Bertz CT molecular complexity index is 521. The minimum atomic E-state index is -0.671. The zero-order valence-corrected chi connectivity index (χ0v) is 13.0. The van der Waals surface area contributed by atoms with Crippen molar-refractivity contribution in [1.82, 2.24) is 15.5 Å². The Hall–Kier alpha value is -2.18. The first kappa shape index (κ1) is 16.2. The Labute approximate surface area is 129 Å². The first-order chi connectivity index (χ1) is 10.2. The predicted octanol–water partition coefficient (Wildman–Crippen LogP) is 0.562. The van der Waals surface area contributed by atoms with Gasteiger partial charge in [0, 0.05) is 5.54 Å². The van der Waals surface area contributed by atoms with Crippen molar-refractivity contribution in [3.63, 3.8) is 0 Å². The second-order valence-electron chi connectivity index (χ2n) is 6.67. The Balaban J connectivity index is 1.93. The molecule has 5 amide bonds. The first-order valence-corrected chi connectivity index (χ1v) is 7.31. The van der Waals surface area contributed by atoms with Gasteiger partial charge in [-0.15, -0.1) is 0 Å². The number of nitrogens with zero attached hydrogens (tertiary/aromatic N) is 1. The molecule has 22 heavy (non-hydrogen) atoms. The monoisotopic (exact) mass is 307 g/mol. The van der Waals surface area contributed by atoms with Gasteiger partial charge in [0.05, 0.1) is 11.8 Å². The van der Waals surface area contributed by atoms with Gasteiger partial charge in [-0.2, -0.15) is 0 Å². The maximum absolute atomic E-state index is 12.2. The molecule has 0 radical (unpaired) electrons. The Morgan fingerprint density at radius 1 is 1.14 bits per heavy atom. The molecule has 1 aliphatic carbocycles. The van der Waals surface area contributed by atoms with Gasteiger partial charge in [0.25, 0.3) is 0 Å². The van der Waals surface area contributed by atoms with E-state index in [4.69, 9.17) is 0 Å². The smallest absolute Gasteiger partial charge is 0.321 e. The van der Waals surface area contributed by atoms with E-state index in [1.165, 1.54) is 0 Å². The summed E-state index contributed by atoms with van der Waals surface area (Å²) in [6, 6.07) is -0.643. The number of fused-ring (bicyclic) bond motifs is 1. The molecule has 120 valence electrons. The summed E-state index contributed by atoms with van der Waals surface area (Å²) in [6.45, 7) is 4.93. The highest BCUT2D eigenvalue weighted by Gasteiger charge is 2.47. The van der Waals surface area contributed by atoms with E-state index in [0.717, 1.165) is 4.90 Å². The lowest BCUT2D eigenvalue weighted by Crippen LogP contribution is -2.51. The van der Waals surface area contributed by atoms with Gasteiger partial charge in [0.1, 0.15) is 6.54 Å². The molecule has 0 unspecified atom stereocenters. The number of amides is 5. The minimum absolute atomic E-state index is 0.328. The van der Waals surface area contributed by atoms with E-state index >= 15 is 0 Å². The molecule has 1 fully saturated rings. The van der Waals surface area contributed by atoms with Gasteiger partial charge >= 0.3 is 6.03 Å². The van der Waals surface area contributed by atoms with Gasteiger partial charge in [0.2, 0.25) is 17.7 Å². The van der Waals surface area contributed by atoms with Crippen molar-refractivity contribution in [3.05, 3.63) is 12.2 Å². The lowest BCUT2D eigenvalue weighted by Gasteiger charge is -2.21. The van der Waals surface area contributed by atoms with E-state index in [1.54, 1.807) is 20.8 Å². The number of rotatable bonds is 2. The van der Waals surface area contributed by atoms with E-state index in [0.29, 0.717) is 12.8 Å². The molecular weight excluding hydrogens is 286 g/mol. The number of nitrogens with one attached hydrogen (secondary N) is 2. The molecule has 1 saturated heterocycles. The normalized spacial score (nSPS) is 24.2. The van der Waals surface area contributed by atoms with Crippen molar-refractivity contribution in [2.75, 3.05) is 6.54 Å². The van der Waals surface area contributed by atoms with E-state index < -0.39 is 24.0 Å². The van der Waals surface area contributed by atoms with Crippen LogP contribution in [0.3, 0.4) is 0 Å². The van der Waals surface area contributed by atoms with Gasteiger partial charge in [-0.3, -0.25) is 24.6 Å². The fourth-order valence-corrected chi connectivity index (χ4v) is 2.71. The predicted molar refractivity (Wildman–Crippen MR) is 78.5 cm³/mol. The first-order valence-electron chi connectivity index (χ1n) is 7.31. The molecule has 0 aromatic heterocycles. The lowest BCUT2D eigenvalue weighted by atomic mass is 9.85. The van der Waals surface area contributed by atoms with Crippen LogP contribution >= 0.6 is 0 Å². The van der Waals surface area contributed by atoms with Gasteiger partial charge in [-0.05, 0) is 33.6 Å². The Morgan fingerprint density at radius 3 is 2.09 bits per heavy atom. The average Bonchev–Trinajstić information content (AvgIpc) is 2.62. The van der Waals surface area contributed by atoms with Crippen molar-refractivity contribution in [1.29, 1.82) is 0 Å². The second kappa shape index (κ2) is 5.90. The average molecular weight is 307 g/mol. The molecule has 0 aromatic rings. The molecule has 0 saturated carbocycles. The fraction of sp³-hybridized carbons (Fsp3) is 0.600. The number of allylic oxidation sites excluding steroid dienone is 2. The standard InChI is InChI=1S/C15H21N3O4/c1-15(2,3)17-14(22)16-11(19)8-18-12(20)9-6-4-5-7-10(9)13(18)21/h4-5,9-10H,6-8H2,1-3H3,(H2,16,17,19,22)/t9-,10-/m1/s1. The topological polar surface area (TPSA) is 95.6 Å². The van der Waals surface area contributed by atoms with Gasteiger partial charge < -0.3 is 5.32 Å². The highest BCUT2D eigenvalue weighted by atomic mass is 16.2. The maximum Gasteiger partial charge on any atom is 0.321 e. The second-order valence-corrected chi connectivity index (χ2v) is 6.67.